The molecular weight excluding hydrogens is 164 g/mol. The third-order valence-electron chi connectivity index (χ3n) is 2.01. The van der Waals surface area contributed by atoms with E-state index in [4.69, 9.17) is 4.74 Å². The fourth-order valence-electron chi connectivity index (χ4n) is 1.20. The maximum atomic E-state index is 5.32. The van der Waals surface area contributed by atoms with Crippen molar-refractivity contribution >= 4 is 0 Å². The minimum Gasteiger partial charge on any atom is -0.379 e. The second-order valence-electron chi connectivity index (χ2n) is 3.29. The second kappa shape index (κ2) is 11.8. The fourth-order valence-corrected chi connectivity index (χ4v) is 1.20. The largest absolute Gasteiger partial charge is 0.379 e. The molecule has 0 spiro atoms. The monoisotopic (exact) mass is 187 g/mol. The van der Waals surface area contributed by atoms with E-state index < -0.39 is 0 Å². The van der Waals surface area contributed by atoms with E-state index in [-0.39, 0.29) is 0 Å². The molecule has 13 heavy (non-hydrogen) atoms. The summed E-state index contributed by atoms with van der Waals surface area (Å²) in [6.45, 7) is 4.39. The first-order chi connectivity index (χ1) is 6.41. The number of unbranched alkanes of at least 4 members (excludes halogenated alkanes) is 5. The quantitative estimate of drug-likeness (QED) is 0.386. The van der Waals surface area contributed by atoms with Crippen molar-refractivity contribution in [1.82, 2.24) is 0 Å². The van der Waals surface area contributed by atoms with Crippen LogP contribution in [0, 0.1) is 7.11 Å². The zero-order valence-electron chi connectivity index (χ0n) is 8.89. The van der Waals surface area contributed by atoms with Crippen LogP contribution in [-0.2, 0) is 9.47 Å². The molecule has 0 aliphatic carbocycles. The summed E-state index contributed by atoms with van der Waals surface area (Å²) in [5, 5.41) is 0. The van der Waals surface area contributed by atoms with Gasteiger partial charge in [-0.25, -0.2) is 0 Å². The average molecular weight is 187 g/mol. The molecule has 0 fully saturated rings. The Bertz CT molecular complexity index is 74.2. The van der Waals surface area contributed by atoms with Gasteiger partial charge in [-0.3, -0.25) is 0 Å². The first-order valence-corrected chi connectivity index (χ1v) is 5.36. The predicted molar refractivity (Wildman–Crippen MR) is 55.5 cm³/mol. The highest BCUT2D eigenvalue weighted by molar-refractivity contribution is 4.43. The Morgan fingerprint density at radius 3 is 2.23 bits per heavy atom. The van der Waals surface area contributed by atoms with Gasteiger partial charge in [0.2, 0.25) is 7.11 Å². The van der Waals surface area contributed by atoms with Crippen LogP contribution in [0.15, 0.2) is 0 Å². The summed E-state index contributed by atoms with van der Waals surface area (Å²) >= 11 is 0. The van der Waals surface area contributed by atoms with E-state index in [2.05, 4.69) is 18.8 Å². The SMILES string of the molecule is [CH2+]OCCOCCCCCCCC. The third-order valence-corrected chi connectivity index (χ3v) is 2.01. The van der Waals surface area contributed by atoms with E-state index in [1.54, 1.807) is 0 Å². The van der Waals surface area contributed by atoms with E-state index in [0.717, 1.165) is 6.61 Å². The molecule has 0 aliphatic rings. The minimum atomic E-state index is 0.607. The average Bonchev–Trinajstić information content (AvgIpc) is 2.16. The first kappa shape index (κ1) is 12.8. The molecule has 78 valence electrons. The van der Waals surface area contributed by atoms with Gasteiger partial charge < -0.3 is 4.74 Å². The highest BCUT2D eigenvalue weighted by Gasteiger charge is 1.91. The lowest BCUT2D eigenvalue weighted by atomic mass is 10.1. The van der Waals surface area contributed by atoms with Crippen molar-refractivity contribution in [2.24, 2.45) is 0 Å². The van der Waals surface area contributed by atoms with Crippen molar-refractivity contribution in [3.63, 3.8) is 0 Å². The van der Waals surface area contributed by atoms with Gasteiger partial charge in [0.25, 0.3) is 0 Å². The van der Waals surface area contributed by atoms with E-state index in [1.807, 2.05) is 0 Å². The molecule has 0 aliphatic heterocycles. The fraction of sp³-hybridized carbons (Fsp3) is 0.909. The summed E-state index contributed by atoms with van der Waals surface area (Å²) in [5.41, 5.74) is 0. The molecule has 0 aromatic heterocycles. The van der Waals surface area contributed by atoms with E-state index in [1.165, 1.54) is 38.5 Å². The Morgan fingerprint density at radius 2 is 1.54 bits per heavy atom. The van der Waals surface area contributed by atoms with Crippen LogP contribution < -0.4 is 0 Å². The smallest absolute Gasteiger partial charge is 0.213 e. The molecule has 2 nitrogen and oxygen atoms in total. The van der Waals surface area contributed by atoms with Gasteiger partial charge in [0, 0.05) is 6.61 Å². The topological polar surface area (TPSA) is 18.5 Å². The molecule has 0 saturated heterocycles. The summed E-state index contributed by atoms with van der Waals surface area (Å²) in [7, 11) is 3.27. The van der Waals surface area contributed by atoms with E-state index in [0.29, 0.717) is 13.2 Å². The molecule has 0 unspecified atom stereocenters. The van der Waals surface area contributed by atoms with Crippen LogP contribution >= 0.6 is 0 Å². The molecule has 0 radical (unpaired) electrons. The molecule has 0 rings (SSSR count). The van der Waals surface area contributed by atoms with Crippen LogP contribution in [0.1, 0.15) is 45.4 Å². The summed E-state index contributed by atoms with van der Waals surface area (Å²) in [6.07, 6.45) is 7.89. The van der Waals surface area contributed by atoms with Crippen molar-refractivity contribution in [1.29, 1.82) is 0 Å². The Kier molecular flexibility index (Phi) is 11.6. The maximum absolute atomic E-state index is 5.32. The number of hydrogen-bond acceptors (Lipinski definition) is 2. The second-order valence-corrected chi connectivity index (χ2v) is 3.29. The van der Waals surface area contributed by atoms with Gasteiger partial charge in [0.15, 0.2) is 0 Å². The highest BCUT2D eigenvalue weighted by atomic mass is 16.5. The van der Waals surface area contributed by atoms with Crippen molar-refractivity contribution < 1.29 is 9.47 Å². The predicted octanol–water partition coefficient (Wildman–Crippen LogP) is 3.17. The molecule has 0 aromatic carbocycles. The molecular formula is C11H23O2+. The summed E-state index contributed by atoms with van der Waals surface area (Å²) in [5.74, 6) is 0. The summed E-state index contributed by atoms with van der Waals surface area (Å²) in [6, 6.07) is 0. The summed E-state index contributed by atoms with van der Waals surface area (Å²) < 4.78 is 9.94. The molecule has 0 amide bonds. The Hall–Kier alpha value is -0.210. The molecule has 0 aromatic rings. The minimum absolute atomic E-state index is 0.607. The van der Waals surface area contributed by atoms with Gasteiger partial charge in [0.05, 0.1) is 6.61 Å². The van der Waals surface area contributed by atoms with Crippen molar-refractivity contribution in [3.05, 3.63) is 7.11 Å². The van der Waals surface area contributed by atoms with Crippen molar-refractivity contribution in [2.45, 2.75) is 45.4 Å². The van der Waals surface area contributed by atoms with Crippen LogP contribution in [0.4, 0.5) is 0 Å². The number of ether oxygens (including phenoxy) is 2. The molecule has 0 saturated carbocycles. The van der Waals surface area contributed by atoms with Gasteiger partial charge in [-0.15, -0.1) is 0 Å². The van der Waals surface area contributed by atoms with Crippen molar-refractivity contribution in [2.75, 3.05) is 19.8 Å². The highest BCUT2D eigenvalue weighted by Crippen LogP contribution is 2.04. The lowest BCUT2D eigenvalue weighted by Gasteiger charge is -2.01. The molecule has 0 heterocycles. The molecule has 0 atom stereocenters. The standard InChI is InChI=1S/C11H23O2/c1-3-4-5-6-7-8-9-13-11-10-12-2/h2-11H2,1H3/q+1. The zero-order valence-corrected chi connectivity index (χ0v) is 8.89. The van der Waals surface area contributed by atoms with Gasteiger partial charge in [-0.05, 0) is 6.42 Å². The van der Waals surface area contributed by atoms with Crippen LogP contribution in [0.2, 0.25) is 0 Å². The Morgan fingerprint density at radius 1 is 0.846 bits per heavy atom. The normalized spacial score (nSPS) is 10.5. The van der Waals surface area contributed by atoms with Gasteiger partial charge >= 0.3 is 0 Å². The first-order valence-electron chi connectivity index (χ1n) is 5.36. The Labute approximate surface area is 82.6 Å². The zero-order chi connectivity index (χ0) is 9.78. The van der Waals surface area contributed by atoms with E-state index >= 15 is 0 Å². The third kappa shape index (κ3) is 11.8. The van der Waals surface area contributed by atoms with Gasteiger partial charge in [-0.1, -0.05) is 39.0 Å². The lowest BCUT2D eigenvalue weighted by molar-refractivity contribution is 0.0804. The molecule has 0 N–H and O–H groups in total. The van der Waals surface area contributed by atoms with Crippen LogP contribution in [0.5, 0.6) is 0 Å². The molecule has 2 heteroatoms. The van der Waals surface area contributed by atoms with Crippen LogP contribution in [0.3, 0.4) is 0 Å². The maximum Gasteiger partial charge on any atom is 0.213 e. The van der Waals surface area contributed by atoms with Gasteiger partial charge in [-0.2, -0.15) is 4.74 Å². The van der Waals surface area contributed by atoms with E-state index in [9.17, 15) is 0 Å². The van der Waals surface area contributed by atoms with Gasteiger partial charge in [0.1, 0.15) is 6.61 Å². The van der Waals surface area contributed by atoms with Crippen molar-refractivity contribution in [3.8, 4) is 0 Å². The number of hydrogen-bond donors (Lipinski definition) is 0. The lowest BCUT2D eigenvalue weighted by Crippen LogP contribution is -2.02. The van der Waals surface area contributed by atoms with Crippen LogP contribution in [-0.4, -0.2) is 19.8 Å². The number of rotatable bonds is 10. The summed E-state index contributed by atoms with van der Waals surface area (Å²) in [4.78, 5) is 0. The van der Waals surface area contributed by atoms with Crippen LogP contribution in [0.25, 0.3) is 0 Å². The Balaban J connectivity index is 2.76. The molecule has 0 bridgehead atoms.